The Morgan fingerprint density at radius 2 is 2.17 bits per heavy atom. The van der Waals surface area contributed by atoms with Crippen LogP contribution in [0.3, 0.4) is 0 Å². The predicted octanol–water partition coefficient (Wildman–Crippen LogP) is 3.35. The molecule has 0 amide bonds. The van der Waals surface area contributed by atoms with E-state index in [9.17, 15) is 0 Å². The molecule has 18 heavy (non-hydrogen) atoms. The van der Waals surface area contributed by atoms with Crippen LogP contribution in [0.15, 0.2) is 47.1 Å². The molecule has 0 saturated heterocycles. The maximum absolute atomic E-state index is 8.83. The van der Waals surface area contributed by atoms with Crippen LogP contribution < -0.4 is 4.90 Å². The number of aromatic nitrogens is 1. The quantitative estimate of drug-likeness (QED) is 0.873. The second-order valence-corrected chi connectivity index (χ2v) is 4.81. The molecule has 0 N–H and O–H groups in total. The van der Waals surface area contributed by atoms with Crippen molar-refractivity contribution in [2.24, 2.45) is 0 Å². The van der Waals surface area contributed by atoms with Gasteiger partial charge in [-0.15, -0.1) is 0 Å². The van der Waals surface area contributed by atoms with Crippen LogP contribution in [0.5, 0.6) is 0 Å². The van der Waals surface area contributed by atoms with Gasteiger partial charge in [0.05, 0.1) is 29.6 Å². The molecule has 0 aliphatic rings. The average Bonchev–Trinajstić information content (AvgIpc) is 2.39. The maximum Gasteiger partial charge on any atom is 0.0992 e. The molecule has 3 nitrogen and oxygen atoms in total. The molecule has 1 heterocycles. The summed E-state index contributed by atoms with van der Waals surface area (Å²) >= 11 is 3.49. The van der Waals surface area contributed by atoms with Crippen LogP contribution >= 0.6 is 15.9 Å². The first-order chi connectivity index (χ1) is 8.70. The third kappa shape index (κ3) is 2.88. The Kier molecular flexibility index (Phi) is 3.96. The SMILES string of the molecule is CN(Cc1ccccn1)c1ccc(C#N)cc1Br. The van der Waals surface area contributed by atoms with Crippen LogP contribution in [-0.4, -0.2) is 12.0 Å². The lowest BCUT2D eigenvalue weighted by Crippen LogP contribution is -2.17. The van der Waals surface area contributed by atoms with E-state index in [0.717, 1.165) is 22.4 Å². The first kappa shape index (κ1) is 12.6. The van der Waals surface area contributed by atoms with Crippen molar-refractivity contribution in [2.45, 2.75) is 6.54 Å². The van der Waals surface area contributed by atoms with Gasteiger partial charge in [-0.25, -0.2) is 0 Å². The number of rotatable bonds is 3. The van der Waals surface area contributed by atoms with Gasteiger partial charge < -0.3 is 4.90 Å². The summed E-state index contributed by atoms with van der Waals surface area (Å²) in [7, 11) is 2.00. The van der Waals surface area contributed by atoms with Crippen molar-refractivity contribution in [2.75, 3.05) is 11.9 Å². The zero-order chi connectivity index (χ0) is 13.0. The minimum Gasteiger partial charge on any atom is -0.368 e. The molecule has 0 radical (unpaired) electrons. The number of anilines is 1. The monoisotopic (exact) mass is 301 g/mol. The van der Waals surface area contributed by atoms with Gasteiger partial charge in [0.1, 0.15) is 0 Å². The lowest BCUT2D eigenvalue weighted by Gasteiger charge is -2.20. The van der Waals surface area contributed by atoms with Gasteiger partial charge in [-0.1, -0.05) is 6.07 Å². The minimum absolute atomic E-state index is 0.650. The van der Waals surface area contributed by atoms with Crippen LogP contribution in [0, 0.1) is 11.3 Å². The fourth-order valence-corrected chi connectivity index (χ4v) is 2.39. The van der Waals surface area contributed by atoms with E-state index in [1.165, 1.54) is 0 Å². The van der Waals surface area contributed by atoms with Crippen molar-refractivity contribution >= 4 is 21.6 Å². The van der Waals surface area contributed by atoms with Crippen LogP contribution in [0.1, 0.15) is 11.3 Å². The topological polar surface area (TPSA) is 39.9 Å². The highest BCUT2D eigenvalue weighted by Gasteiger charge is 2.07. The van der Waals surface area contributed by atoms with Crippen molar-refractivity contribution in [1.29, 1.82) is 5.26 Å². The first-order valence-corrected chi connectivity index (χ1v) is 6.30. The summed E-state index contributed by atoms with van der Waals surface area (Å²) in [6.07, 6.45) is 1.79. The second kappa shape index (κ2) is 5.65. The molecular weight excluding hydrogens is 290 g/mol. The van der Waals surface area contributed by atoms with E-state index < -0.39 is 0 Å². The fraction of sp³-hybridized carbons (Fsp3) is 0.143. The average molecular weight is 302 g/mol. The Labute approximate surface area is 115 Å². The number of nitriles is 1. The van der Waals surface area contributed by atoms with Gasteiger partial charge >= 0.3 is 0 Å². The zero-order valence-electron chi connectivity index (χ0n) is 9.97. The molecule has 1 aromatic carbocycles. The predicted molar refractivity (Wildman–Crippen MR) is 75.2 cm³/mol. The maximum atomic E-state index is 8.83. The van der Waals surface area contributed by atoms with Crippen molar-refractivity contribution in [1.82, 2.24) is 4.98 Å². The molecule has 1 aromatic heterocycles. The Hall–Kier alpha value is -1.86. The molecule has 0 aliphatic carbocycles. The van der Waals surface area contributed by atoms with Crippen molar-refractivity contribution < 1.29 is 0 Å². The van der Waals surface area contributed by atoms with E-state index in [0.29, 0.717) is 5.56 Å². The highest BCUT2D eigenvalue weighted by atomic mass is 79.9. The third-order valence-electron chi connectivity index (χ3n) is 2.61. The summed E-state index contributed by atoms with van der Waals surface area (Å²) in [4.78, 5) is 6.39. The van der Waals surface area contributed by atoms with Gasteiger partial charge in [-0.05, 0) is 46.3 Å². The first-order valence-electron chi connectivity index (χ1n) is 5.51. The number of benzene rings is 1. The van der Waals surface area contributed by atoms with Gasteiger partial charge in [0.2, 0.25) is 0 Å². The summed E-state index contributed by atoms with van der Waals surface area (Å²) in [6.45, 7) is 0.728. The van der Waals surface area contributed by atoms with Gasteiger partial charge in [0.15, 0.2) is 0 Å². The zero-order valence-corrected chi connectivity index (χ0v) is 11.6. The summed E-state index contributed by atoms with van der Waals surface area (Å²) in [5.41, 5.74) is 2.70. The third-order valence-corrected chi connectivity index (χ3v) is 3.25. The highest BCUT2D eigenvalue weighted by molar-refractivity contribution is 9.10. The molecule has 0 spiro atoms. The van der Waals surface area contributed by atoms with E-state index in [2.05, 4.69) is 31.9 Å². The summed E-state index contributed by atoms with van der Waals surface area (Å²) in [5.74, 6) is 0. The normalized spacial score (nSPS) is 9.83. The number of pyridine rings is 1. The molecule has 4 heteroatoms. The number of hydrogen-bond donors (Lipinski definition) is 0. The van der Waals surface area contributed by atoms with E-state index in [1.54, 1.807) is 6.20 Å². The Bertz CT molecular complexity index is 575. The van der Waals surface area contributed by atoms with Gasteiger partial charge in [-0.2, -0.15) is 5.26 Å². The van der Waals surface area contributed by atoms with Gasteiger partial charge in [-0.3, -0.25) is 4.98 Å². The standard InChI is InChI=1S/C14H12BrN3/c1-18(10-12-4-2-3-7-17-12)14-6-5-11(9-16)8-13(14)15/h2-8H,10H2,1H3. The molecule has 0 aliphatic heterocycles. The van der Waals surface area contributed by atoms with Gasteiger partial charge in [0, 0.05) is 17.7 Å². The molecule has 0 unspecified atom stereocenters. The molecule has 0 atom stereocenters. The van der Waals surface area contributed by atoms with Crippen LogP contribution in [0.2, 0.25) is 0 Å². The smallest absolute Gasteiger partial charge is 0.0992 e. The van der Waals surface area contributed by atoms with E-state index in [-0.39, 0.29) is 0 Å². The molecule has 0 saturated carbocycles. The van der Waals surface area contributed by atoms with Crippen LogP contribution in [0.25, 0.3) is 0 Å². The van der Waals surface area contributed by atoms with E-state index in [4.69, 9.17) is 5.26 Å². The van der Waals surface area contributed by atoms with Crippen molar-refractivity contribution in [3.63, 3.8) is 0 Å². The summed E-state index contributed by atoms with van der Waals surface area (Å²) in [5, 5.41) is 8.83. The largest absolute Gasteiger partial charge is 0.368 e. The van der Waals surface area contributed by atoms with E-state index in [1.807, 2.05) is 43.4 Å². The molecule has 0 fully saturated rings. The van der Waals surface area contributed by atoms with Crippen LogP contribution in [0.4, 0.5) is 5.69 Å². The Balaban J connectivity index is 2.19. The highest BCUT2D eigenvalue weighted by Crippen LogP contribution is 2.27. The molecule has 2 rings (SSSR count). The second-order valence-electron chi connectivity index (χ2n) is 3.96. The lowest BCUT2D eigenvalue weighted by molar-refractivity contribution is 0.882. The lowest BCUT2D eigenvalue weighted by atomic mass is 10.2. The number of hydrogen-bond acceptors (Lipinski definition) is 3. The molecule has 2 aromatic rings. The number of nitrogens with zero attached hydrogens (tertiary/aromatic N) is 3. The Morgan fingerprint density at radius 3 is 2.78 bits per heavy atom. The van der Waals surface area contributed by atoms with Crippen molar-refractivity contribution in [3.05, 3.63) is 58.3 Å². The van der Waals surface area contributed by atoms with Crippen LogP contribution in [-0.2, 0) is 6.54 Å². The van der Waals surface area contributed by atoms with Crippen molar-refractivity contribution in [3.8, 4) is 6.07 Å². The Morgan fingerprint density at radius 1 is 1.33 bits per heavy atom. The van der Waals surface area contributed by atoms with Gasteiger partial charge in [0.25, 0.3) is 0 Å². The number of halogens is 1. The van der Waals surface area contributed by atoms with E-state index >= 15 is 0 Å². The summed E-state index contributed by atoms with van der Waals surface area (Å²) in [6, 6.07) is 13.6. The molecular formula is C14H12BrN3. The summed E-state index contributed by atoms with van der Waals surface area (Å²) < 4.78 is 0.917. The fourth-order valence-electron chi connectivity index (χ4n) is 1.71. The molecule has 90 valence electrons. The molecule has 0 bridgehead atoms. The minimum atomic E-state index is 0.650.